The summed E-state index contributed by atoms with van der Waals surface area (Å²) in [6.07, 6.45) is -3.56. The van der Waals surface area contributed by atoms with E-state index in [1.807, 2.05) is 0 Å². The summed E-state index contributed by atoms with van der Waals surface area (Å²) in [5.74, 6) is -0.683. The van der Waals surface area contributed by atoms with Crippen LogP contribution in [0, 0.1) is 10.1 Å². The molecular formula is C16H19N5O7. The SMILES string of the molecule is Nc1c(C(=O)NCc2ccc([N+](=O)[O-])cc2)ncn1[C@@H]1O[C@H](CO)[C@@H](O)[C@H]1O. The number of aromatic nitrogens is 2. The molecule has 0 radical (unpaired) electrons. The lowest BCUT2D eigenvalue weighted by Gasteiger charge is -2.17. The van der Waals surface area contributed by atoms with Gasteiger partial charge in [0.05, 0.1) is 17.9 Å². The van der Waals surface area contributed by atoms with Crippen molar-refractivity contribution in [3.8, 4) is 0 Å². The number of hydrogen-bond acceptors (Lipinski definition) is 9. The number of benzene rings is 1. The van der Waals surface area contributed by atoms with Crippen molar-refractivity contribution in [2.24, 2.45) is 0 Å². The number of carbonyl (C=O) groups is 1. The van der Waals surface area contributed by atoms with Crippen LogP contribution in [0.4, 0.5) is 11.5 Å². The number of anilines is 1. The van der Waals surface area contributed by atoms with Crippen LogP contribution < -0.4 is 11.1 Å². The zero-order chi connectivity index (χ0) is 20.4. The van der Waals surface area contributed by atoms with Gasteiger partial charge in [0.25, 0.3) is 11.6 Å². The molecule has 0 unspecified atom stereocenters. The van der Waals surface area contributed by atoms with Gasteiger partial charge in [-0.2, -0.15) is 0 Å². The first-order chi connectivity index (χ1) is 13.3. The van der Waals surface area contributed by atoms with E-state index in [-0.39, 0.29) is 23.7 Å². The van der Waals surface area contributed by atoms with Gasteiger partial charge in [-0.15, -0.1) is 0 Å². The van der Waals surface area contributed by atoms with Gasteiger partial charge in [0.1, 0.15) is 24.1 Å². The monoisotopic (exact) mass is 393 g/mol. The summed E-state index contributed by atoms with van der Waals surface area (Å²) in [5.41, 5.74) is 6.40. The molecule has 1 aromatic carbocycles. The zero-order valence-corrected chi connectivity index (χ0v) is 14.5. The van der Waals surface area contributed by atoms with Gasteiger partial charge in [0, 0.05) is 18.7 Å². The van der Waals surface area contributed by atoms with Crippen LogP contribution in [0.15, 0.2) is 30.6 Å². The Bertz CT molecular complexity index is 869. The van der Waals surface area contributed by atoms with Crippen LogP contribution in [-0.2, 0) is 11.3 Å². The molecule has 4 atom stereocenters. The van der Waals surface area contributed by atoms with Gasteiger partial charge in [-0.05, 0) is 5.56 Å². The van der Waals surface area contributed by atoms with E-state index >= 15 is 0 Å². The van der Waals surface area contributed by atoms with Crippen molar-refractivity contribution in [1.82, 2.24) is 14.9 Å². The number of non-ortho nitro benzene ring substituents is 1. The molecule has 1 amide bonds. The lowest BCUT2D eigenvalue weighted by atomic mass is 10.1. The summed E-state index contributed by atoms with van der Waals surface area (Å²) in [7, 11) is 0. The topological polar surface area (TPSA) is 186 Å². The van der Waals surface area contributed by atoms with Crippen LogP contribution in [0.25, 0.3) is 0 Å². The Kier molecular flexibility index (Phi) is 5.56. The minimum Gasteiger partial charge on any atom is -0.394 e. The first-order valence-electron chi connectivity index (χ1n) is 8.29. The molecule has 0 spiro atoms. The number of nitro groups is 1. The second-order valence-corrected chi connectivity index (χ2v) is 6.22. The first-order valence-corrected chi connectivity index (χ1v) is 8.29. The predicted octanol–water partition coefficient (Wildman–Crippen LogP) is -1.09. The molecule has 6 N–H and O–H groups in total. The summed E-state index contributed by atoms with van der Waals surface area (Å²) in [6.45, 7) is -0.400. The second-order valence-electron chi connectivity index (χ2n) is 6.22. The molecule has 0 saturated carbocycles. The molecule has 1 fully saturated rings. The molecule has 12 heteroatoms. The van der Waals surface area contributed by atoms with Crippen molar-refractivity contribution in [1.29, 1.82) is 0 Å². The fraction of sp³-hybridized carbons (Fsp3) is 0.375. The highest BCUT2D eigenvalue weighted by atomic mass is 16.6. The standard InChI is InChI=1S/C16H19N5O7/c17-14-11(15(25)18-5-8-1-3-9(4-2-8)21(26)27)19-7-20(14)16-13(24)12(23)10(6-22)28-16/h1-4,7,10,12-13,16,22-24H,5-6,17H2,(H,18,25)/t10-,12-,13-,16-/m1/s1. The van der Waals surface area contributed by atoms with E-state index in [0.717, 1.165) is 0 Å². The smallest absolute Gasteiger partial charge is 0.273 e. The highest BCUT2D eigenvalue weighted by Crippen LogP contribution is 2.31. The van der Waals surface area contributed by atoms with Crippen LogP contribution in [0.3, 0.4) is 0 Å². The molecule has 1 aliphatic rings. The largest absolute Gasteiger partial charge is 0.394 e. The molecular weight excluding hydrogens is 374 g/mol. The third-order valence-electron chi connectivity index (χ3n) is 4.44. The number of nitrogens with zero attached hydrogens (tertiary/aromatic N) is 3. The molecule has 0 bridgehead atoms. The van der Waals surface area contributed by atoms with Gasteiger partial charge in [-0.1, -0.05) is 12.1 Å². The Hall–Kier alpha value is -3.06. The average molecular weight is 393 g/mol. The van der Waals surface area contributed by atoms with E-state index in [1.54, 1.807) is 0 Å². The van der Waals surface area contributed by atoms with Crippen LogP contribution >= 0.6 is 0 Å². The number of imidazole rings is 1. The van der Waals surface area contributed by atoms with E-state index in [2.05, 4.69) is 10.3 Å². The van der Waals surface area contributed by atoms with Crippen molar-refractivity contribution in [2.75, 3.05) is 12.3 Å². The number of nitrogens with two attached hydrogens (primary N) is 1. The lowest BCUT2D eigenvalue weighted by molar-refractivity contribution is -0.384. The Morgan fingerprint density at radius 3 is 2.57 bits per heavy atom. The number of ether oxygens (including phenoxy) is 1. The highest BCUT2D eigenvalue weighted by molar-refractivity contribution is 5.96. The zero-order valence-electron chi connectivity index (χ0n) is 14.5. The van der Waals surface area contributed by atoms with Crippen LogP contribution in [0.2, 0.25) is 0 Å². The summed E-state index contributed by atoms with van der Waals surface area (Å²) in [5, 5.41) is 42.3. The van der Waals surface area contributed by atoms with E-state index in [9.17, 15) is 25.1 Å². The molecule has 3 rings (SSSR count). The van der Waals surface area contributed by atoms with Gasteiger partial charge >= 0.3 is 0 Å². The Balaban J connectivity index is 1.68. The van der Waals surface area contributed by atoms with E-state index in [0.29, 0.717) is 5.56 Å². The quantitative estimate of drug-likeness (QED) is 0.300. The molecule has 1 saturated heterocycles. The number of amides is 1. The number of nitrogens with one attached hydrogen (secondary N) is 1. The molecule has 2 heterocycles. The van der Waals surface area contributed by atoms with Crippen molar-refractivity contribution < 1.29 is 29.8 Å². The lowest BCUT2D eigenvalue weighted by Crippen LogP contribution is -2.33. The summed E-state index contributed by atoms with van der Waals surface area (Å²) < 4.78 is 6.56. The maximum Gasteiger partial charge on any atom is 0.273 e. The molecule has 12 nitrogen and oxygen atoms in total. The minimum absolute atomic E-state index is 0.0587. The number of aliphatic hydroxyl groups is 3. The Morgan fingerprint density at radius 2 is 2.00 bits per heavy atom. The van der Waals surface area contributed by atoms with Gasteiger partial charge in [-0.3, -0.25) is 19.5 Å². The molecule has 150 valence electrons. The molecule has 1 aliphatic heterocycles. The molecule has 2 aromatic rings. The maximum atomic E-state index is 12.3. The van der Waals surface area contributed by atoms with Crippen LogP contribution in [-0.4, -0.2) is 60.6 Å². The summed E-state index contributed by atoms with van der Waals surface area (Å²) >= 11 is 0. The second kappa shape index (κ2) is 7.90. The van der Waals surface area contributed by atoms with Gasteiger partial charge < -0.3 is 31.1 Å². The third-order valence-corrected chi connectivity index (χ3v) is 4.44. The van der Waals surface area contributed by atoms with Crippen molar-refractivity contribution in [3.05, 3.63) is 52.0 Å². The minimum atomic E-state index is -1.36. The third kappa shape index (κ3) is 3.66. The van der Waals surface area contributed by atoms with Gasteiger partial charge in [0.2, 0.25) is 0 Å². The normalized spacial score (nSPS) is 24.2. The number of hydrogen-bond donors (Lipinski definition) is 5. The predicted molar refractivity (Wildman–Crippen MR) is 93.9 cm³/mol. The van der Waals surface area contributed by atoms with Crippen molar-refractivity contribution in [3.63, 3.8) is 0 Å². The van der Waals surface area contributed by atoms with E-state index < -0.39 is 42.0 Å². The average Bonchev–Trinajstić information content (AvgIpc) is 3.20. The van der Waals surface area contributed by atoms with Crippen LogP contribution in [0.1, 0.15) is 22.3 Å². The molecule has 0 aliphatic carbocycles. The van der Waals surface area contributed by atoms with Crippen molar-refractivity contribution in [2.45, 2.75) is 31.1 Å². The highest BCUT2D eigenvalue weighted by Gasteiger charge is 2.44. The number of nitrogen functional groups attached to an aromatic ring is 1. The summed E-state index contributed by atoms with van der Waals surface area (Å²) in [4.78, 5) is 26.4. The van der Waals surface area contributed by atoms with E-state index in [1.165, 1.54) is 35.2 Å². The number of aliphatic hydroxyl groups excluding tert-OH is 3. The number of nitro benzene ring substituents is 1. The molecule has 1 aromatic heterocycles. The first kappa shape index (κ1) is 19.7. The Morgan fingerprint density at radius 1 is 1.32 bits per heavy atom. The van der Waals surface area contributed by atoms with Gasteiger partial charge in [0.15, 0.2) is 11.9 Å². The summed E-state index contributed by atoms with van der Waals surface area (Å²) in [6, 6.07) is 5.68. The van der Waals surface area contributed by atoms with Gasteiger partial charge in [-0.25, -0.2) is 4.98 Å². The van der Waals surface area contributed by atoms with Crippen LogP contribution in [0.5, 0.6) is 0 Å². The maximum absolute atomic E-state index is 12.3. The Labute approximate surface area is 158 Å². The van der Waals surface area contributed by atoms with E-state index in [4.69, 9.17) is 15.6 Å². The number of rotatable bonds is 6. The van der Waals surface area contributed by atoms with Crippen molar-refractivity contribution >= 4 is 17.4 Å². The molecule has 28 heavy (non-hydrogen) atoms. The number of carbonyl (C=O) groups excluding carboxylic acids is 1. The fourth-order valence-electron chi connectivity index (χ4n) is 2.86. The fourth-order valence-corrected chi connectivity index (χ4v) is 2.86.